The minimum Gasteiger partial charge on any atom is -0.399 e. The van der Waals surface area contributed by atoms with Gasteiger partial charge in [-0.15, -0.1) is 0 Å². The number of nitrogen functional groups attached to an aromatic ring is 1. The summed E-state index contributed by atoms with van der Waals surface area (Å²) in [5.41, 5.74) is 6.48. The first-order valence-electron chi connectivity index (χ1n) is 5.11. The zero-order chi connectivity index (χ0) is 13.2. The molecule has 2 rings (SSSR count). The molecule has 0 spiro atoms. The number of nitrogens with two attached hydrogens (primary N) is 1. The zero-order valence-corrected chi connectivity index (χ0v) is 10.9. The Morgan fingerprint density at radius 3 is 2.44 bits per heavy atom. The van der Waals surface area contributed by atoms with E-state index in [2.05, 4.69) is 4.72 Å². The summed E-state index contributed by atoms with van der Waals surface area (Å²) in [4.78, 5) is 0.109. The molecule has 0 atom stereocenters. The summed E-state index contributed by atoms with van der Waals surface area (Å²) in [6, 6.07) is 12.6. The van der Waals surface area contributed by atoms with E-state index >= 15 is 0 Å². The van der Waals surface area contributed by atoms with Gasteiger partial charge in [0.1, 0.15) is 0 Å². The minimum absolute atomic E-state index is 0.109. The summed E-state index contributed by atoms with van der Waals surface area (Å²) < 4.78 is 26.5. The smallest absolute Gasteiger partial charge is 0.261 e. The van der Waals surface area contributed by atoms with Crippen LogP contribution in [0.2, 0.25) is 5.02 Å². The van der Waals surface area contributed by atoms with Crippen molar-refractivity contribution in [3.63, 3.8) is 0 Å². The maximum Gasteiger partial charge on any atom is 0.261 e. The van der Waals surface area contributed by atoms with E-state index in [1.165, 1.54) is 12.1 Å². The van der Waals surface area contributed by atoms with Gasteiger partial charge in [-0.1, -0.05) is 23.7 Å². The molecule has 18 heavy (non-hydrogen) atoms. The predicted octanol–water partition coefficient (Wildman–Crippen LogP) is 2.72. The molecule has 3 N–H and O–H groups in total. The topological polar surface area (TPSA) is 72.2 Å². The van der Waals surface area contributed by atoms with Gasteiger partial charge in [0, 0.05) is 10.7 Å². The first-order valence-corrected chi connectivity index (χ1v) is 6.97. The molecule has 0 amide bonds. The van der Waals surface area contributed by atoms with Crippen LogP contribution in [-0.4, -0.2) is 8.42 Å². The van der Waals surface area contributed by atoms with Gasteiger partial charge in [-0.2, -0.15) is 0 Å². The van der Waals surface area contributed by atoms with Gasteiger partial charge in [0.2, 0.25) is 0 Å². The first kappa shape index (κ1) is 12.7. The van der Waals surface area contributed by atoms with Gasteiger partial charge < -0.3 is 5.73 Å². The molecule has 0 fully saturated rings. The van der Waals surface area contributed by atoms with Crippen molar-refractivity contribution in [3.05, 3.63) is 53.6 Å². The van der Waals surface area contributed by atoms with Crippen molar-refractivity contribution < 1.29 is 8.42 Å². The lowest BCUT2D eigenvalue weighted by Crippen LogP contribution is -2.12. The molecule has 0 aliphatic heterocycles. The zero-order valence-electron chi connectivity index (χ0n) is 9.30. The molecule has 94 valence electrons. The molecular weight excluding hydrogens is 272 g/mol. The fraction of sp³-hybridized carbons (Fsp3) is 0. The molecule has 4 nitrogen and oxygen atoms in total. The van der Waals surface area contributed by atoms with Crippen LogP contribution in [0.15, 0.2) is 53.4 Å². The summed E-state index contributed by atoms with van der Waals surface area (Å²) in [6.07, 6.45) is 0. The van der Waals surface area contributed by atoms with Crippen molar-refractivity contribution in [2.24, 2.45) is 0 Å². The van der Waals surface area contributed by atoms with Crippen LogP contribution in [0.5, 0.6) is 0 Å². The molecule has 0 saturated heterocycles. The number of benzene rings is 2. The van der Waals surface area contributed by atoms with Crippen molar-refractivity contribution in [1.82, 2.24) is 0 Å². The molecule has 0 aliphatic carbocycles. The van der Waals surface area contributed by atoms with E-state index in [-0.39, 0.29) is 4.90 Å². The minimum atomic E-state index is -3.64. The van der Waals surface area contributed by atoms with E-state index in [1.54, 1.807) is 36.4 Å². The van der Waals surface area contributed by atoms with Crippen LogP contribution >= 0.6 is 11.6 Å². The van der Waals surface area contributed by atoms with Crippen LogP contribution in [0.4, 0.5) is 11.4 Å². The lowest BCUT2D eigenvalue weighted by molar-refractivity contribution is 0.601. The van der Waals surface area contributed by atoms with E-state index in [4.69, 9.17) is 17.3 Å². The highest BCUT2D eigenvalue weighted by molar-refractivity contribution is 7.92. The standard InChI is InChI=1S/C12H11ClN2O2S/c13-9-3-1-6-12(7-9)18(16,17)15-11-5-2-4-10(14)8-11/h1-8,15H,14H2. The largest absolute Gasteiger partial charge is 0.399 e. The second-order valence-electron chi connectivity index (χ2n) is 3.69. The number of nitrogens with one attached hydrogen (secondary N) is 1. The van der Waals surface area contributed by atoms with Crippen molar-refractivity contribution in [3.8, 4) is 0 Å². The Hall–Kier alpha value is -1.72. The Morgan fingerprint density at radius 2 is 1.78 bits per heavy atom. The fourth-order valence-corrected chi connectivity index (χ4v) is 2.80. The van der Waals surface area contributed by atoms with E-state index in [9.17, 15) is 8.42 Å². The van der Waals surface area contributed by atoms with E-state index < -0.39 is 10.0 Å². The molecule has 2 aromatic carbocycles. The Morgan fingerprint density at radius 1 is 1.06 bits per heavy atom. The first-order chi connectivity index (χ1) is 8.47. The molecule has 2 aromatic rings. The normalized spacial score (nSPS) is 11.2. The Kier molecular flexibility index (Phi) is 3.45. The molecule has 0 aliphatic rings. The van der Waals surface area contributed by atoms with Crippen LogP contribution in [0.25, 0.3) is 0 Å². The van der Waals surface area contributed by atoms with E-state index in [1.807, 2.05) is 0 Å². The van der Waals surface area contributed by atoms with Gasteiger partial charge in [-0.3, -0.25) is 4.72 Å². The van der Waals surface area contributed by atoms with Gasteiger partial charge in [0.15, 0.2) is 0 Å². The highest BCUT2D eigenvalue weighted by Crippen LogP contribution is 2.20. The lowest BCUT2D eigenvalue weighted by Gasteiger charge is -2.08. The number of rotatable bonds is 3. The van der Waals surface area contributed by atoms with Gasteiger partial charge >= 0.3 is 0 Å². The Balaban J connectivity index is 2.33. The maximum atomic E-state index is 12.1. The third kappa shape index (κ3) is 2.94. The molecule has 0 saturated carbocycles. The number of hydrogen-bond acceptors (Lipinski definition) is 3. The number of halogens is 1. The second-order valence-corrected chi connectivity index (χ2v) is 5.81. The SMILES string of the molecule is Nc1cccc(NS(=O)(=O)c2cccc(Cl)c2)c1. The summed E-state index contributed by atoms with van der Waals surface area (Å²) in [6.45, 7) is 0. The average molecular weight is 283 g/mol. The van der Waals surface area contributed by atoms with Crippen molar-refractivity contribution >= 4 is 33.0 Å². The number of sulfonamides is 1. The number of anilines is 2. The molecular formula is C12H11ClN2O2S. The van der Waals surface area contributed by atoms with Crippen LogP contribution in [0, 0.1) is 0 Å². The summed E-state index contributed by atoms with van der Waals surface area (Å²) >= 11 is 5.77. The van der Waals surface area contributed by atoms with Crippen LogP contribution in [0.3, 0.4) is 0 Å². The quantitative estimate of drug-likeness (QED) is 0.850. The monoisotopic (exact) mass is 282 g/mol. The second kappa shape index (κ2) is 4.88. The lowest BCUT2D eigenvalue weighted by atomic mass is 10.3. The predicted molar refractivity (Wildman–Crippen MR) is 73.1 cm³/mol. The third-order valence-electron chi connectivity index (χ3n) is 2.25. The maximum absolute atomic E-state index is 12.1. The fourth-order valence-electron chi connectivity index (χ4n) is 1.45. The van der Waals surface area contributed by atoms with Gasteiger partial charge in [0.05, 0.1) is 10.6 Å². The summed E-state index contributed by atoms with van der Waals surface area (Å²) in [5.74, 6) is 0. The van der Waals surface area contributed by atoms with Crippen molar-refractivity contribution in [1.29, 1.82) is 0 Å². The number of hydrogen-bond donors (Lipinski definition) is 2. The van der Waals surface area contributed by atoms with Crippen LogP contribution in [-0.2, 0) is 10.0 Å². The van der Waals surface area contributed by atoms with E-state index in [0.717, 1.165) is 0 Å². The van der Waals surface area contributed by atoms with Crippen molar-refractivity contribution in [2.45, 2.75) is 4.90 Å². The summed E-state index contributed by atoms with van der Waals surface area (Å²) in [7, 11) is -3.64. The molecule has 0 aromatic heterocycles. The van der Waals surface area contributed by atoms with Gasteiger partial charge in [-0.25, -0.2) is 8.42 Å². The van der Waals surface area contributed by atoms with E-state index in [0.29, 0.717) is 16.4 Å². The Bertz CT molecular complexity index is 671. The highest BCUT2D eigenvalue weighted by Gasteiger charge is 2.14. The molecule has 0 unspecified atom stereocenters. The molecule has 0 bridgehead atoms. The van der Waals surface area contributed by atoms with Crippen molar-refractivity contribution in [2.75, 3.05) is 10.5 Å². The van der Waals surface area contributed by atoms with Crippen LogP contribution in [0.1, 0.15) is 0 Å². The Labute approximate surface area is 110 Å². The molecule has 0 heterocycles. The molecule has 6 heteroatoms. The highest BCUT2D eigenvalue weighted by atomic mass is 35.5. The van der Waals surface area contributed by atoms with Gasteiger partial charge in [0.25, 0.3) is 10.0 Å². The summed E-state index contributed by atoms with van der Waals surface area (Å²) in [5, 5.41) is 0.366. The van der Waals surface area contributed by atoms with Crippen LogP contribution < -0.4 is 10.5 Å². The molecule has 0 radical (unpaired) electrons. The average Bonchev–Trinajstić information content (AvgIpc) is 2.28. The van der Waals surface area contributed by atoms with Gasteiger partial charge in [-0.05, 0) is 36.4 Å². The third-order valence-corrected chi connectivity index (χ3v) is 3.86.